The number of anilines is 2. The lowest BCUT2D eigenvalue weighted by Crippen LogP contribution is -2.38. The molecule has 0 aliphatic carbocycles. The summed E-state index contributed by atoms with van der Waals surface area (Å²) in [5.74, 6) is -3.18. The first-order valence-corrected chi connectivity index (χ1v) is 12.3. The molecule has 1 fully saturated rings. The van der Waals surface area contributed by atoms with Gasteiger partial charge in [0.05, 0.1) is 32.4 Å². The van der Waals surface area contributed by atoms with Gasteiger partial charge in [0, 0.05) is 36.9 Å². The fourth-order valence-electron chi connectivity index (χ4n) is 3.82. The van der Waals surface area contributed by atoms with Crippen molar-refractivity contribution >= 4 is 35.4 Å². The third-order valence-corrected chi connectivity index (χ3v) is 5.83. The molecular formula is C26H26F2N6O7. The van der Waals surface area contributed by atoms with E-state index in [2.05, 4.69) is 31.2 Å². The van der Waals surface area contributed by atoms with Gasteiger partial charge in [-0.2, -0.15) is 0 Å². The molecule has 0 bridgehead atoms. The summed E-state index contributed by atoms with van der Waals surface area (Å²) in [7, 11) is 1.18. The Hall–Kier alpha value is -5.21. The number of ether oxygens (including phenoxy) is 2. The molecular weight excluding hydrogens is 546 g/mol. The van der Waals surface area contributed by atoms with Gasteiger partial charge >= 0.3 is 12.2 Å². The topological polar surface area (TPSA) is 164 Å². The van der Waals surface area contributed by atoms with Crippen LogP contribution in [0.25, 0.3) is 11.3 Å². The Morgan fingerprint density at radius 1 is 1.05 bits per heavy atom. The number of benzene rings is 2. The number of rotatable bonds is 11. The highest BCUT2D eigenvalue weighted by atomic mass is 19.1. The maximum absolute atomic E-state index is 14.7. The summed E-state index contributed by atoms with van der Waals surface area (Å²) in [4.78, 5) is 48.7. The molecule has 3 aromatic rings. The lowest BCUT2D eigenvalue weighted by molar-refractivity contribution is -0.120. The van der Waals surface area contributed by atoms with Crippen molar-refractivity contribution in [2.24, 2.45) is 0 Å². The van der Waals surface area contributed by atoms with E-state index in [1.54, 1.807) is 12.1 Å². The second-order valence-electron chi connectivity index (χ2n) is 8.68. The molecule has 15 heteroatoms. The SMILES string of the molecule is COC(=O)NC[C@H]1CN(c2cc(F)c(NCCNC(=O)CNC(=O)c3cc(-c4ccccc4)no3)c(F)c2)C(=O)O1. The van der Waals surface area contributed by atoms with Crippen molar-refractivity contribution in [2.45, 2.75) is 6.10 Å². The summed E-state index contributed by atoms with van der Waals surface area (Å²) in [5.41, 5.74) is 0.714. The summed E-state index contributed by atoms with van der Waals surface area (Å²) < 4.78 is 43.9. The average molecular weight is 573 g/mol. The van der Waals surface area contributed by atoms with E-state index in [1.807, 2.05) is 18.2 Å². The van der Waals surface area contributed by atoms with Crippen molar-refractivity contribution in [3.05, 3.63) is 65.9 Å². The zero-order valence-electron chi connectivity index (χ0n) is 21.7. The largest absolute Gasteiger partial charge is 0.453 e. The minimum Gasteiger partial charge on any atom is -0.453 e. The molecule has 1 atom stereocenters. The molecule has 41 heavy (non-hydrogen) atoms. The zero-order valence-corrected chi connectivity index (χ0v) is 21.7. The molecule has 1 aliphatic heterocycles. The second kappa shape index (κ2) is 13.2. The monoisotopic (exact) mass is 572 g/mol. The third-order valence-electron chi connectivity index (χ3n) is 5.83. The van der Waals surface area contributed by atoms with Gasteiger partial charge in [0.15, 0.2) is 11.6 Å². The normalized spacial score (nSPS) is 14.3. The van der Waals surface area contributed by atoms with Gasteiger partial charge in [-0.25, -0.2) is 18.4 Å². The standard InChI is InChI=1S/C26H26F2N6O7/c1-39-25(37)32-12-17-14-34(26(38)40-17)16-9-18(27)23(19(28)10-16)30-8-7-29-22(35)13-31-24(36)21-11-20(33-41-21)15-5-3-2-4-6-15/h2-6,9-11,17,30H,7-8,12-14H2,1H3,(H,29,35)(H,31,36)(H,32,37)/t17-/m0/s1. The van der Waals surface area contributed by atoms with Crippen LogP contribution in [-0.2, 0) is 14.3 Å². The van der Waals surface area contributed by atoms with E-state index in [1.165, 1.54) is 13.2 Å². The van der Waals surface area contributed by atoms with Crippen LogP contribution in [0.1, 0.15) is 10.6 Å². The van der Waals surface area contributed by atoms with E-state index in [0.717, 1.165) is 22.6 Å². The number of carbonyl (C=O) groups is 4. The molecule has 1 aromatic heterocycles. The highest BCUT2D eigenvalue weighted by Gasteiger charge is 2.33. The lowest BCUT2D eigenvalue weighted by atomic mass is 10.1. The molecule has 1 saturated heterocycles. The van der Waals surface area contributed by atoms with Gasteiger partial charge in [-0.1, -0.05) is 35.5 Å². The Kier molecular flexibility index (Phi) is 9.29. The maximum Gasteiger partial charge on any atom is 0.414 e. The van der Waals surface area contributed by atoms with Gasteiger partial charge in [0.2, 0.25) is 11.7 Å². The van der Waals surface area contributed by atoms with Crippen molar-refractivity contribution in [1.82, 2.24) is 21.1 Å². The Balaban J connectivity index is 1.20. The minimum absolute atomic E-state index is 0.0108. The minimum atomic E-state index is -0.968. The van der Waals surface area contributed by atoms with E-state index >= 15 is 0 Å². The van der Waals surface area contributed by atoms with Crippen LogP contribution in [0.15, 0.2) is 53.1 Å². The van der Waals surface area contributed by atoms with Crippen molar-refractivity contribution in [2.75, 3.05) is 50.1 Å². The van der Waals surface area contributed by atoms with E-state index in [4.69, 9.17) is 9.26 Å². The predicted molar refractivity (Wildman–Crippen MR) is 140 cm³/mol. The van der Waals surface area contributed by atoms with Gasteiger partial charge < -0.3 is 35.3 Å². The van der Waals surface area contributed by atoms with Gasteiger partial charge in [0.25, 0.3) is 5.91 Å². The Labute approximate surface area is 232 Å². The summed E-state index contributed by atoms with van der Waals surface area (Å²) in [6.07, 6.45) is -2.27. The number of nitrogens with zero attached hydrogens (tertiary/aromatic N) is 2. The number of alkyl carbamates (subject to hydrolysis) is 1. The predicted octanol–water partition coefficient (Wildman–Crippen LogP) is 2.26. The number of halogens is 2. The zero-order chi connectivity index (χ0) is 29.4. The Morgan fingerprint density at radius 2 is 1.78 bits per heavy atom. The highest BCUT2D eigenvalue weighted by Crippen LogP contribution is 2.28. The molecule has 4 rings (SSSR count). The fraction of sp³-hybridized carbons (Fsp3) is 0.269. The highest BCUT2D eigenvalue weighted by molar-refractivity contribution is 5.95. The van der Waals surface area contributed by atoms with E-state index < -0.39 is 47.4 Å². The van der Waals surface area contributed by atoms with Crippen LogP contribution in [0.4, 0.5) is 29.7 Å². The Bertz CT molecular complexity index is 1400. The molecule has 0 radical (unpaired) electrons. The van der Waals surface area contributed by atoms with Crippen molar-refractivity contribution < 1.29 is 42.0 Å². The summed E-state index contributed by atoms with van der Waals surface area (Å²) in [6.45, 7) is -0.489. The molecule has 216 valence electrons. The van der Waals surface area contributed by atoms with Crippen LogP contribution in [0.2, 0.25) is 0 Å². The third kappa shape index (κ3) is 7.46. The molecule has 0 spiro atoms. The first kappa shape index (κ1) is 28.8. The van der Waals surface area contributed by atoms with Crippen LogP contribution in [-0.4, -0.2) is 75.1 Å². The van der Waals surface area contributed by atoms with Crippen LogP contribution in [0.5, 0.6) is 0 Å². The van der Waals surface area contributed by atoms with Crippen molar-refractivity contribution in [3.8, 4) is 11.3 Å². The summed E-state index contributed by atoms with van der Waals surface area (Å²) in [5, 5.41) is 13.7. The molecule has 2 aromatic carbocycles. The number of amides is 4. The van der Waals surface area contributed by atoms with E-state index in [-0.39, 0.29) is 44.2 Å². The van der Waals surface area contributed by atoms with Crippen LogP contribution in [0.3, 0.4) is 0 Å². The number of hydrogen-bond donors (Lipinski definition) is 4. The van der Waals surface area contributed by atoms with Gasteiger partial charge in [0.1, 0.15) is 17.5 Å². The number of nitrogens with one attached hydrogen (secondary N) is 4. The van der Waals surface area contributed by atoms with Crippen molar-refractivity contribution in [3.63, 3.8) is 0 Å². The molecule has 1 aliphatic rings. The van der Waals surface area contributed by atoms with Crippen LogP contribution < -0.4 is 26.2 Å². The number of methoxy groups -OCH3 is 1. The molecule has 4 amide bonds. The molecule has 2 heterocycles. The van der Waals surface area contributed by atoms with Gasteiger partial charge in [-0.3, -0.25) is 14.5 Å². The molecule has 4 N–H and O–H groups in total. The Morgan fingerprint density at radius 3 is 2.49 bits per heavy atom. The number of carbonyl (C=O) groups excluding carboxylic acids is 4. The smallest absolute Gasteiger partial charge is 0.414 e. The van der Waals surface area contributed by atoms with Crippen LogP contribution in [0, 0.1) is 11.6 Å². The number of cyclic esters (lactones) is 1. The molecule has 0 unspecified atom stereocenters. The second-order valence-corrected chi connectivity index (χ2v) is 8.68. The maximum atomic E-state index is 14.7. The summed E-state index contributed by atoms with van der Waals surface area (Å²) in [6, 6.07) is 12.5. The van der Waals surface area contributed by atoms with Gasteiger partial charge in [-0.15, -0.1) is 0 Å². The lowest BCUT2D eigenvalue weighted by Gasteiger charge is -2.16. The first-order valence-electron chi connectivity index (χ1n) is 12.3. The summed E-state index contributed by atoms with van der Waals surface area (Å²) >= 11 is 0. The molecule has 0 saturated carbocycles. The first-order chi connectivity index (χ1) is 19.7. The molecule has 13 nitrogen and oxygen atoms in total. The van der Waals surface area contributed by atoms with Crippen molar-refractivity contribution in [1.29, 1.82) is 0 Å². The van der Waals surface area contributed by atoms with Gasteiger partial charge in [-0.05, 0) is 0 Å². The van der Waals surface area contributed by atoms with E-state index in [9.17, 15) is 28.0 Å². The van der Waals surface area contributed by atoms with Crippen LogP contribution >= 0.6 is 0 Å². The number of hydrogen-bond acceptors (Lipinski definition) is 9. The number of aromatic nitrogens is 1. The average Bonchev–Trinajstić information content (AvgIpc) is 3.61. The quantitative estimate of drug-likeness (QED) is 0.252. The fourth-order valence-corrected chi connectivity index (χ4v) is 3.82. The van der Waals surface area contributed by atoms with E-state index in [0.29, 0.717) is 5.69 Å².